The van der Waals surface area contributed by atoms with Crippen LogP contribution in [0.25, 0.3) is 22.4 Å². The topological polar surface area (TPSA) is 90.1 Å². The maximum Gasteiger partial charge on any atom is 0.256 e. The molecule has 4 rings (SSSR count). The SMILES string of the molecule is COc1ccc(-c2nnc(C)o2)cc1NC(=O)c1cc(C)nc2c(C)cccc12. The molecule has 0 unspecified atom stereocenters. The molecule has 1 amide bonds. The summed E-state index contributed by atoms with van der Waals surface area (Å²) in [5.41, 5.74) is 4.37. The van der Waals surface area contributed by atoms with Crippen LogP contribution in [0.3, 0.4) is 0 Å². The van der Waals surface area contributed by atoms with Gasteiger partial charge in [-0.1, -0.05) is 18.2 Å². The average molecular weight is 388 g/mol. The van der Waals surface area contributed by atoms with E-state index in [-0.39, 0.29) is 5.91 Å². The minimum atomic E-state index is -0.247. The summed E-state index contributed by atoms with van der Waals surface area (Å²) in [6.45, 7) is 5.58. The van der Waals surface area contributed by atoms with E-state index in [0.717, 1.165) is 22.2 Å². The van der Waals surface area contributed by atoms with Gasteiger partial charge < -0.3 is 14.5 Å². The molecule has 2 heterocycles. The molecule has 0 bridgehead atoms. The van der Waals surface area contributed by atoms with E-state index in [1.54, 1.807) is 38.3 Å². The number of anilines is 1. The number of nitrogens with zero attached hydrogens (tertiary/aromatic N) is 3. The zero-order valence-electron chi connectivity index (χ0n) is 16.6. The van der Waals surface area contributed by atoms with Crippen LogP contribution in [-0.4, -0.2) is 28.2 Å². The van der Waals surface area contributed by atoms with Crippen molar-refractivity contribution >= 4 is 22.5 Å². The highest BCUT2D eigenvalue weighted by atomic mass is 16.5. The lowest BCUT2D eigenvalue weighted by atomic mass is 10.0. The number of ether oxygens (including phenoxy) is 1. The Morgan fingerprint density at radius 3 is 2.62 bits per heavy atom. The molecule has 29 heavy (non-hydrogen) atoms. The summed E-state index contributed by atoms with van der Waals surface area (Å²) < 4.78 is 10.9. The lowest BCUT2D eigenvalue weighted by molar-refractivity contribution is 0.102. The van der Waals surface area contributed by atoms with E-state index in [0.29, 0.717) is 34.3 Å². The Balaban J connectivity index is 1.75. The zero-order valence-corrected chi connectivity index (χ0v) is 16.6. The summed E-state index contributed by atoms with van der Waals surface area (Å²) >= 11 is 0. The number of nitrogens with one attached hydrogen (secondary N) is 1. The van der Waals surface area contributed by atoms with Gasteiger partial charge in [0.05, 0.1) is 23.9 Å². The highest BCUT2D eigenvalue weighted by Crippen LogP contribution is 2.31. The number of pyridine rings is 1. The van der Waals surface area contributed by atoms with E-state index in [1.807, 2.05) is 32.0 Å². The molecule has 0 spiro atoms. The molecule has 0 saturated carbocycles. The molecular weight excluding hydrogens is 368 g/mol. The first-order chi connectivity index (χ1) is 14.0. The van der Waals surface area contributed by atoms with Gasteiger partial charge in [0, 0.05) is 23.6 Å². The van der Waals surface area contributed by atoms with Crippen LogP contribution in [0.15, 0.2) is 46.9 Å². The number of aromatic nitrogens is 3. The Morgan fingerprint density at radius 1 is 1.07 bits per heavy atom. The molecule has 7 nitrogen and oxygen atoms in total. The maximum atomic E-state index is 13.2. The third kappa shape index (κ3) is 3.54. The van der Waals surface area contributed by atoms with Gasteiger partial charge in [0.1, 0.15) is 5.75 Å². The van der Waals surface area contributed by atoms with Crippen molar-refractivity contribution in [1.29, 1.82) is 0 Å². The Hall–Kier alpha value is -3.74. The van der Waals surface area contributed by atoms with Crippen LogP contribution >= 0.6 is 0 Å². The second kappa shape index (κ2) is 7.35. The lowest BCUT2D eigenvalue weighted by Crippen LogP contribution is -2.14. The number of fused-ring (bicyclic) bond motifs is 1. The number of methoxy groups -OCH3 is 1. The number of carbonyl (C=O) groups excluding carboxylic acids is 1. The van der Waals surface area contributed by atoms with Crippen molar-refractivity contribution in [2.24, 2.45) is 0 Å². The molecule has 0 aliphatic heterocycles. The molecular formula is C22H20N4O3. The van der Waals surface area contributed by atoms with Gasteiger partial charge in [0.15, 0.2) is 0 Å². The molecule has 1 N–H and O–H groups in total. The summed E-state index contributed by atoms with van der Waals surface area (Å²) in [5.74, 6) is 1.13. The van der Waals surface area contributed by atoms with E-state index in [9.17, 15) is 4.79 Å². The van der Waals surface area contributed by atoms with E-state index < -0.39 is 0 Å². The summed E-state index contributed by atoms with van der Waals surface area (Å²) in [6.07, 6.45) is 0. The summed E-state index contributed by atoms with van der Waals surface area (Å²) in [7, 11) is 1.55. The van der Waals surface area contributed by atoms with Crippen molar-refractivity contribution < 1.29 is 13.9 Å². The quantitative estimate of drug-likeness (QED) is 0.555. The van der Waals surface area contributed by atoms with Crippen molar-refractivity contribution in [3.63, 3.8) is 0 Å². The summed E-state index contributed by atoms with van der Waals surface area (Å²) in [5, 5.41) is 11.6. The summed E-state index contributed by atoms with van der Waals surface area (Å²) in [6, 6.07) is 12.9. The normalized spacial score (nSPS) is 10.9. The number of aryl methyl sites for hydroxylation is 3. The number of rotatable bonds is 4. The fourth-order valence-corrected chi connectivity index (χ4v) is 3.25. The molecule has 0 aliphatic carbocycles. The lowest BCUT2D eigenvalue weighted by Gasteiger charge is -2.13. The minimum Gasteiger partial charge on any atom is -0.495 e. The summed E-state index contributed by atoms with van der Waals surface area (Å²) in [4.78, 5) is 17.7. The van der Waals surface area contributed by atoms with Crippen molar-refractivity contribution in [3.8, 4) is 17.2 Å². The van der Waals surface area contributed by atoms with Gasteiger partial charge in [-0.3, -0.25) is 9.78 Å². The first-order valence-corrected chi connectivity index (χ1v) is 9.13. The molecule has 2 aromatic heterocycles. The van der Waals surface area contributed by atoms with Crippen LogP contribution in [0, 0.1) is 20.8 Å². The first-order valence-electron chi connectivity index (χ1n) is 9.13. The standard InChI is InChI=1S/C22H20N4O3/c1-12-6-5-7-16-17(10-13(2)23-20(12)16)21(27)24-18-11-15(8-9-19(18)28-4)22-26-25-14(3)29-22/h5-11H,1-4H3,(H,24,27). The number of para-hydroxylation sites is 1. The monoisotopic (exact) mass is 388 g/mol. The molecule has 2 aromatic carbocycles. The van der Waals surface area contributed by atoms with Gasteiger partial charge in [-0.15, -0.1) is 10.2 Å². The Labute approximate surface area is 167 Å². The highest BCUT2D eigenvalue weighted by Gasteiger charge is 2.17. The zero-order chi connectivity index (χ0) is 20.5. The van der Waals surface area contributed by atoms with E-state index >= 15 is 0 Å². The van der Waals surface area contributed by atoms with Crippen LogP contribution < -0.4 is 10.1 Å². The maximum absolute atomic E-state index is 13.2. The fraction of sp³-hybridized carbons (Fsp3) is 0.182. The van der Waals surface area contributed by atoms with Crippen molar-refractivity contribution in [2.75, 3.05) is 12.4 Å². The number of benzene rings is 2. The first kappa shape index (κ1) is 18.6. The molecule has 0 fully saturated rings. The number of amides is 1. The molecule has 0 saturated heterocycles. The van der Waals surface area contributed by atoms with Crippen LogP contribution in [-0.2, 0) is 0 Å². The van der Waals surface area contributed by atoms with Crippen molar-refractivity contribution in [3.05, 3.63) is 65.2 Å². The fourth-order valence-electron chi connectivity index (χ4n) is 3.25. The molecule has 0 atom stereocenters. The van der Waals surface area contributed by atoms with E-state index in [2.05, 4.69) is 20.5 Å². The van der Waals surface area contributed by atoms with Gasteiger partial charge >= 0.3 is 0 Å². The Morgan fingerprint density at radius 2 is 1.90 bits per heavy atom. The Bertz CT molecular complexity index is 1230. The predicted molar refractivity (Wildman–Crippen MR) is 110 cm³/mol. The van der Waals surface area contributed by atoms with E-state index in [1.165, 1.54) is 0 Å². The van der Waals surface area contributed by atoms with Crippen LogP contribution in [0.2, 0.25) is 0 Å². The number of carbonyl (C=O) groups is 1. The van der Waals surface area contributed by atoms with E-state index in [4.69, 9.17) is 9.15 Å². The molecule has 146 valence electrons. The third-order valence-electron chi connectivity index (χ3n) is 4.63. The number of hydrogen-bond acceptors (Lipinski definition) is 6. The Kier molecular flexibility index (Phi) is 4.72. The van der Waals surface area contributed by atoms with Gasteiger partial charge in [0.2, 0.25) is 11.8 Å². The van der Waals surface area contributed by atoms with Crippen LogP contribution in [0.4, 0.5) is 5.69 Å². The molecule has 7 heteroatoms. The average Bonchev–Trinajstić information content (AvgIpc) is 3.14. The van der Waals surface area contributed by atoms with Gasteiger partial charge in [-0.2, -0.15) is 0 Å². The molecule has 0 radical (unpaired) electrons. The van der Waals surface area contributed by atoms with Crippen LogP contribution in [0.1, 0.15) is 27.5 Å². The highest BCUT2D eigenvalue weighted by molar-refractivity contribution is 6.13. The van der Waals surface area contributed by atoms with Crippen molar-refractivity contribution in [1.82, 2.24) is 15.2 Å². The molecule has 4 aromatic rings. The second-order valence-corrected chi connectivity index (χ2v) is 6.78. The second-order valence-electron chi connectivity index (χ2n) is 6.78. The minimum absolute atomic E-state index is 0.247. The number of hydrogen-bond donors (Lipinski definition) is 1. The van der Waals surface area contributed by atoms with Crippen molar-refractivity contribution in [2.45, 2.75) is 20.8 Å². The van der Waals surface area contributed by atoms with Gasteiger partial charge in [-0.25, -0.2) is 0 Å². The van der Waals surface area contributed by atoms with Gasteiger partial charge in [-0.05, 0) is 43.7 Å². The molecule has 0 aliphatic rings. The third-order valence-corrected chi connectivity index (χ3v) is 4.63. The van der Waals surface area contributed by atoms with Crippen LogP contribution in [0.5, 0.6) is 5.75 Å². The van der Waals surface area contributed by atoms with Gasteiger partial charge in [0.25, 0.3) is 5.91 Å². The largest absolute Gasteiger partial charge is 0.495 e. The predicted octanol–water partition coefficient (Wildman–Crippen LogP) is 4.47. The smallest absolute Gasteiger partial charge is 0.256 e.